The number of carbonyl (C=O) groups excluding carboxylic acids is 1. The lowest BCUT2D eigenvalue weighted by molar-refractivity contribution is 0.0816. The number of rotatable bonds is 2. The summed E-state index contributed by atoms with van der Waals surface area (Å²) < 4.78 is 0. The molecule has 2 aliphatic heterocycles. The Labute approximate surface area is 115 Å². The Bertz CT molecular complexity index is 490. The molecule has 102 valence electrons. The number of hydrogen-bond donors (Lipinski definition) is 0. The van der Waals surface area contributed by atoms with Gasteiger partial charge in [-0.1, -0.05) is 19.1 Å². The number of benzene rings is 1. The van der Waals surface area contributed by atoms with Crippen LogP contribution in [0.2, 0.25) is 0 Å². The Morgan fingerprint density at radius 3 is 2.74 bits per heavy atom. The molecule has 2 heterocycles. The van der Waals surface area contributed by atoms with Crippen molar-refractivity contribution in [2.75, 3.05) is 20.1 Å². The van der Waals surface area contributed by atoms with Crippen LogP contribution in [0, 0.1) is 5.92 Å². The number of fused-ring (bicyclic) bond motifs is 1. The molecule has 1 amide bonds. The first kappa shape index (κ1) is 12.7. The maximum absolute atomic E-state index is 12.0. The molecule has 0 atom stereocenters. The van der Waals surface area contributed by atoms with Gasteiger partial charge in [0.15, 0.2) is 0 Å². The summed E-state index contributed by atoms with van der Waals surface area (Å²) in [5.41, 5.74) is 3.49. The van der Waals surface area contributed by atoms with Crippen molar-refractivity contribution in [3.8, 4) is 0 Å². The fraction of sp³-hybridized carbons (Fsp3) is 0.562. The van der Waals surface area contributed by atoms with E-state index in [1.807, 2.05) is 24.1 Å². The first-order chi connectivity index (χ1) is 9.15. The minimum Gasteiger partial charge on any atom is -0.337 e. The number of amides is 1. The van der Waals surface area contributed by atoms with Crippen molar-refractivity contribution in [1.82, 2.24) is 9.80 Å². The molecule has 1 aromatic carbocycles. The molecule has 0 radical (unpaired) electrons. The molecule has 19 heavy (non-hydrogen) atoms. The fourth-order valence-electron chi connectivity index (χ4n) is 3.15. The number of piperidine rings is 1. The van der Waals surface area contributed by atoms with E-state index in [0.29, 0.717) is 0 Å². The van der Waals surface area contributed by atoms with E-state index in [-0.39, 0.29) is 5.91 Å². The van der Waals surface area contributed by atoms with Crippen molar-refractivity contribution in [3.05, 3.63) is 34.9 Å². The van der Waals surface area contributed by atoms with Crippen molar-refractivity contribution in [2.45, 2.75) is 32.9 Å². The van der Waals surface area contributed by atoms with Gasteiger partial charge in [-0.05, 0) is 49.0 Å². The van der Waals surface area contributed by atoms with Crippen LogP contribution in [0.3, 0.4) is 0 Å². The van der Waals surface area contributed by atoms with Crippen LogP contribution in [0.1, 0.15) is 41.3 Å². The molecule has 0 unspecified atom stereocenters. The zero-order valence-corrected chi connectivity index (χ0v) is 11.9. The number of carbonyl (C=O) groups is 1. The van der Waals surface area contributed by atoms with Gasteiger partial charge in [0.1, 0.15) is 0 Å². The second-order valence-corrected chi connectivity index (χ2v) is 6.06. The Morgan fingerprint density at radius 2 is 2.00 bits per heavy atom. The van der Waals surface area contributed by atoms with E-state index in [1.54, 1.807) is 0 Å². The number of likely N-dealkylation sites (tertiary alicyclic amines) is 1. The summed E-state index contributed by atoms with van der Waals surface area (Å²) in [5.74, 6) is 1.04. The summed E-state index contributed by atoms with van der Waals surface area (Å²) >= 11 is 0. The molecule has 0 spiro atoms. The van der Waals surface area contributed by atoms with E-state index in [4.69, 9.17) is 0 Å². The van der Waals surface area contributed by atoms with Crippen LogP contribution in [-0.4, -0.2) is 35.8 Å². The summed E-state index contributed by atoms with van der Waals surface area (Å²) in [6.07, 6.45) is 2.60. The molecule has 1 saturated heterocycles. The molecule has 3 nitrogen and oxygen atoms in total. The third-order valence-corrected chi connectivity index (χ3v) is 4.52. The summed E-state index contributed by atoms with van der Waals surface area (Å²) in [5, 5.41) is 0. The highest BCUT2D eigenvalue weighted by Gasteiger charge is 2.27. The molecule has 1 fully saturated rings. The largest absolute Gasteiger partial charge is 0.337 e. The number of nitrogens with zero attached hydrogens (tertiary/aromatic N) is 2. The predicted octanol–water partition coefficient (Wildman–Crippen LogP) is 2.50. The molecular formula is C16H22N2O. The third kappa shape index (κ3) is 2.39. The van der Waals surface area contributed by atoms with Gasteiger partial charge in [0.2, 0.25) is 0 Å². The van der Waals surface area contributed by atoms with Gasteiger partial charge in [-0.15, -0.1) is 0 Å². The molecule has 0 aliphatic carbocycles. The molecule has 0 bridgehead atoms. The SMILES string of the molecule is CC1CCN(Cc2cccc3c2CN(C)C3=O)CC1. The van der Waals surface area contributed by atoms with E-state index in [0.717, 1.165) is 24.6 Å². The van der Waals surface area contributed by atoms with Gasteiger partial charge in [0.25, 0.3) is 5.91 Å². The van der Waals surface area contributed by atoms with Gasteiger partial charge in [0, 0.05) is 25.7 Å². The van der Waals surface area contributed by atoms with Gasteiger partial charge < -0.3 is 4.90 Å². The minimum absolute atomic E-state index is 0.170. The van der Waals surface area contributed by atoms with Crippen LogP contribution < -0.4 is 0 Å². The average molecular weight is 258 g/mol. The molecule has 2 aliphatic rings. The summed E-state index contributed by atoms with van der Waals surface area (Å²) in [7, 11) is 1.88. The molecule has 0 aromatic heterocycles. The Morgan fingerprint density at radius 1 is 1.26 bits per heavy atom. The second kappa shape index (κ2) is 4.97. The fourth-order valence-corrected chi connectivity index (χ4v) is 3.15. The molecule has 1 aromatic rings. The maximum atomic E-state index is 12.0. The topological polar surface area (TPSA) is 23.6 Å². The maximum Gasteiger partial charge on any atom is 0.254 e. The Kier molecular flexibility index (Phi) is 3.31. The van der Waals surface area contributed by atoms with Crippen molar-refractivity contribution in [2.24, 2.45) is 5.92 Å². The molecule has 0 saturated carbocycles. The van der Waals surface area contributed by atoms with E-state index in [2.05, 4.69) is 17.9 Å². The molecule has 3 heteroatoms. The zero-order chi connectivity index (χ0) is 13.4. The number of hydrogen-bond acceptors (Lipinski definition) is 2. The predicted molar refractivity (Wildman–Crippen MR) is 75.9 cm³/mol. The first-order valence-corrected chi connectivity index (χ1v) is 7.23. The monoisotopic (exact) mass is 258 g/mol. The zero-order valence-electron chi connectivity index (χ0n) is 11.9. The third-order valence-electron chi connectivity index (χ3n) is 4.52. The summed E-state index contributed by atoms with van der Waals surface area (Å²) in [6.45, 7) is 6.49. The van der Waals surface area contributed by atoms with Crippen molar-refractivity contribution in [1.29, 1.82) is 0 Å². The highest BCUT2D eigenvalue weighted by molar-refractivity contribution is 5.98. The van der Waals surface area contributed by atoms with Crippen LogP contribution >= 0.6 is 0 Å². The van der Waals surface area contributed by atoms with Crippen molar-refractivity contribution >= 4 is 5.91 Å². The second-order valence-electron chi connectivity index (χ2n) is 6.06. The first-order valence-electron chi connectivity index (χ1n) is 7.23. The highest BCUT2D eigenvalue weighted by atomic mass is 16.2. The standard InChI is InChI=1S/C16H22N2O/c1-12-6-8-18(9-7-12)10-13-4-3-5-14-15(13)11-17(2)16(14)19/h3-5,12H,6-11H2,1-2H3. The lowest BCUT2D eigenvalue weighted by Gasteiger charge is -2.30. The quantitative estimate of drug-likeness (QED) is 0.813. The molecule has 3 rings (SSSR count). The van der Waals surface area contributed by atoms with Crippen LogP contribution in [0.5, 0.6) is 0 Å². The van der Waals surface area contributed by atoms with Crippen LogP contribution in [0.25, 0.3) is 0 Å². The highest BCUT2D eigenvalue weighted by Crippen LogP contribution is 2.27. The average Bonchev–Trinajstić information content (AvgIpc) is 2.70. The van der Waals surface area contributed by atoms with Crippen LogP contribution in [0.15, 0.2) is 18.2 Å². The summed E-state index contributed by atoms with van der Waals surface area (Å²) in [6, 6.07) is 6.17. The van der Waals surface area contributed by atoms with Gasteiger partial charge in [-0.3, -0.25) is 9.69 Å². The van der Waals surface area contributed by atoms with E-state index in [9.17, 15) is 4.79 Å². The molecule has 0 N–H and O–H groups in total. The van der Waals surface area contributed by atoms with E-state index < -0.39 is 0 Å². The van der Waals surface area contributed by atoms with E-state index >= 15 is 0 Å². The minimum atomic E-state index is 0.170. The van der Waals surface area contributed by atoms with Gasteiger partial charge in [0.05, 0.1) is 0 Å². The van der Waals surface area contributed by atoms with Crippen molar-refractivity contribution in [3.63, 3.8) is 0 Å². The van der Waals surface area contributed by atoms with Gasteiger partial charge in [-0.25, -0.2) is 0 Å². The van der Waals surface area contributed by atoms with Gasteiger partial charge >= 0.3 is 0 Å². The summed E-state index contributed by atoms with van der Waals surface area (Å²) in [4.78, 5) is 16.3. The lowest BCUT2D eigenvalue weighted by Crippen LogP contribution is -2.32. The smallest absolute Gasteiger partial charge is 0.254 e. The lowest BCUT2D eigenvalue weighted by atomic mass is 9.97. The van der Waals surface area contributed by atoms with E-state index in [1.165, 1.54) is 37.1 Å². The Hall–Kier alpha value is -1.35. The van der Waals surface area contributed by atoms with Crippen molar-refractivity contribution < 1.29 is 4.79 Å². The Balaban J connectivity index is 1.78. The van der Waals surface area contributed by atoms with Crippen LogP contribution in [0.4, 0.5) is 0 Å². The van der Waals surface area contributed by atoms with Gasteiger partial charge in [-0.2, -0.15) is 0 Å². The molecular weight excluding hydrogens is 236 g/mol. The van der Waals surface area contributed by atoms with Crippen LogP contribution in [-0.2, 0) is 13.1 Å². The normalized spacial score (nSPS) is 20.9.